The summed E-state index contributed by atoms with van der Waals surface area (Å²) >= 11 is 0. The second kappa shape index (κ2) is 5.75. The quantitative estimate of drug-likeness (QED) is 0.459. The lowest BCUT2D eigenvalue weighted by atomic mass is 10.1. The van der Waals surface area contributed by atoms with Crippen LogP contribution < -0.4 is 17.0 Å². The lowest BCUT2D eigenvalue weighted by Gasteiger charge is -2.15. The first-order valence-corrected chi connectivity index (χ1v) is 6.93. The molecule has 2 aromatic rings. The Balaban J connectivity index is 2.30. The molecule has 0 bridgehead atoms. The molecule has 1 aliphatic heterocycles. The third-order valence-corrected chi connectivity index (χ3v) is 3.80. The summed E-state index contributed by atoms with van der Waals surface area (Å²) in [5.41, 5.74) is 3.58. The van der Waals surface area contributed by atoms with Crippen LogP contribution in [0.15, 0.2) is 9.59 Å². The minimum absolute atomic E-state index is 0.175. The number of halogens is 1. The van der Waals surface area contributed by atoms with Gasteiger partial charge >= 0.3 is 5.69 Å². The Bertz CT molecular complexity index is 941. The van der Waals surface area contributed by atoms with E-state index in [1.165, 1.54) is 0 Å². The van der Waals surface area contributed by atoms with Crippen molar-refractivity contribution in [2.24, 2.45) is 0 Å². The number of rotatable bonds is 3. The number of alkyl halides is 1. The highest BCUT2D eigenvalue weighted by atomic mass is 19.1. The van der Waals surface area contributed by atoms with E-state index >= 15 is 0 Å². The molecule has 1 saturated heterocycles. The number of imidazole rings is 1. The minimum atomic E-state index is -1.92. The van der Waals surface area contributed by atoms with Crippen LogP contribution in [0.25, 0.3) is 11.2 Å². The van der Waals surface area contributed by atoms with Gasteiger partial charge in [0.1, 0.15) is 12.2 Å². The molecule has 4 atom stereocenters. The number of nitrogen functional groups attached to an aromatic ring is 1. The van der Waals surface area contributed by atoms with E-state index in [2.05, 4.69) is 15.9 Å². The largest absolute Gasteiger partial charge is 0.394 e. The van der Waals surface area contributed by atoms with Crippen LogP contribution in [0, 0.1) is 12.3 Å². The SMILES string of the molecule is C#CCn1c(=O)n(C2OC(CO)C(F)C2O)c2nc(N)[nH]c(=O)c21. The minimum Gasteiger partial charge on any atom is -0.394 e. The number of aliphatic hydroxyl groups is 2. The number of terminal acetylenes is 1. The second-order valence-electron chi connectivity index (χ2n) is 5.25. The van der Waals surface area contributed by atoms with Gasteiger partial charge in [0.15, 0.2) is 23.6 Å². The number of aromatic amines is 1. The molecular formula is C13H14FN5O5. The maximum absolute atomic E-state index is 14.0. The summed E-state index contributed by atoms with van der Waals surface area (Å²) in [6.45, 7) is -0.940. The fourth-order valence-electron chi connectivity index (χ4n) is 2.74. The Morgan fingerprint density at radius 3 is 2.79 bits per heavy atom. The molecule has 24 heavy (non-hydrogen) atoms. The number of nitrogens with one attached hydrogen (secondary N) is 1. The molecule has 2 aromatic heterocycles. The van der Waals surface area contributed by atoms with Crippen LogP contribution in [0.4, 0.5) is 10.3 Å². The average molecular weight is 339 g/mol. The fraction of sp³-hybridized carbons (Fsp3) is 0.462. The maximum atomic E-state index is 14.0. The Morgan fingerprint density at radius 2 is 2.21 bits per heavy atom. The summed E-state index contributed by atoms with van der Waals surface area (Å²) in [6.07, 6.45) is -1.26. The molecule has 0 saturated carbocycles. The molecule has 5 N–H and O–H groups in total. The van der Waals surface area contributed by atoms with E-state index in [1.54, 1.807) is 0 Å². The van der Waals surface area contributed by atoms with Gasteiger partial charge in [-0.05, 0) is 0 Å². The van der Waals surface area contributed by atoms with Gasteiger partial charge in [-0.1, -0.05) is 5.92 Å². The number of nitrogens with two attached hydrogens (primary N) is 1. The highest BCUT2D eigenvalue weighted by molar-refractivity contribution is 5.72. The molecular weight excluding hydrogens is 325 g/mol. The van der Waals surface area contributed by atoms with Gasteiger partial charge in [0, 0.05) is 0 Å². The van der Waals surface area contributed by atoms with Crippen LogP contribution in [-0.4, -0.2) is 54.3 Å². The van der Waals surface area contributed by atoms with Crippen LogP contribution in [-0.2, 0) is 11.3 Å². The predicted octanol–water partition coefficient (Wildman–Crippen LogP) is -2.31. The van der Waals surface area contributed by atoms with Crippen molar-refractivity contribution in [3.8, 4) is 12.3 Å². The number of ether oxygens (including phenoxy) is 1. The van der Waals surface area contributed by atoms with Crippen molar-refractivity contribution < 1.29 is 19.3 Å². The number of H-pyrrole nitrogens is 1. The number of aromatic nitrogens is 4. The van der Waals surface area contributed by atoms with Gasteiger partial charge in [-0.15, -0.1) is 6.42 Å². The van der Waals surface area contributed by atoms with Gasteiger partial charge in [0.2, 0.25) is 5.95 Å². The first-order valence-electron chi connectivity index (χ1n) is 6.93. The zero-order valence-electron chi connectivity index (χ0n) is 12.2. The summed E-state index contributed by atoms with van der Waals surface area (Å²) in [4.78, 5) is 30.8. The van der Waals surface area contributed by atoms with Crippen molar-refractivity contribution in [3.05, 3.63) is 20.8 Å². The number of aliphatic hydroxyl groups excluding tert-OH is 2. The Hall–Kier alpha value is -2.68. The Morgan fingerprint density at radius 1 is 1.50 bits per heavy atom. The summed E-state index contributed by atoms with van der Waals surface area (Å²) in [7, 11) is 0. The first-order chi connectivity index (χ1) is 11.4. The van der Waals surface area contributed by atoms with E-state index in [1.807, 2.05) is 0 Å². The number of nitrogens with zero attached hydrogens (tertiary/aromatic N) is 3. The molecule has 0 aromatic carbocycles. The number of hydrogen-bond acceptors (Lipinski definition) is 7. The predicted molar refractivity (Wildman–Crippen MR) is 79.8 cm³/mol. The van der Waals surface area contributed by atoms with Crippen LogP contribution in [0.2, 0.25) is 0 Å². The third-order valence-electron chi connectivity index (χ3n) is 3.80. The molecule has 1 aliphatic rings. The van der Waals surface area contributed by atoms with Crippen molar-refractivity contribution in [2.45, 2.75) is 31.2 Å². The summed E-state index contributed by atoms with van der Waals surface area (Å²) in [6, 6.07) is 0. The maximum Gasteiger partial charge on any atom is 0.333 e. The van der Waals surface area contributed by atoms with Crippen molar-refractivity contribution >= 4 is 17.1 Å². The molecule has 0 radical (unpaired) electrons. The van der Waals surface area contributed by atoms with Crippen molar-refractivity contribution in [1.29, 1.82) is 0 Å². The van der Waals surface area contributed by atoms with Crippen LogP contribution >= 0.6 is 0 Å². The topological polar surface area (TPSA) is 148 Å². The van der Waals surface area contributed by atoms with E-state index in [0.717, 1.165) is 9.13 Å². The average Bonchev–Trinajstić information content (AvgIpc) is 2.96. The second-order valence-corrected chi connectivity index (χ2v) is 5.25. The monoisotopic (exact) mass is 339 g/mol. The van der Waals surface area contributed by atoms with Gasteiger partial charge in [-0.25, -0.2) is 13.8 Å². The van der Waals surface area contributed by atoms with E-state index in [0.29, 0.717) is 0 Å². The van der Waals surface area contributed by atoms with E-state index in [-0.39, 0.29) is 23.7 Å². The lowest BCUT2D eigenvalue weighted by Crippen LogP contribution is -2.34. The van der Waals surface area contributed by atoms with Crippen molar-refractivity contribution in [3.63, 3.8) is 0 Å². The zero-order valence-corrected chi connectivity index (χ0v) is 12.2. The fourth-order valence-corrected chi connectivity index (χ4v) is 2.74. The molecule has 128 valence electrons. The molecule has 1 fully saturated rings. The molecule has 10 nitrogen and oxygen atoms in total. The van der Waals surface area contributed by atoms with Crippen LogP contribution in [0.1, 0.15) is 6.23 Å². The Labute approximate surface area is 133 Å². The van der Waals surface area contributed by atoms with E-state index in [4.69, 9.17) is 22.0 Å². The number of fused-ring (bicyclic) bond motifs is 1. The molecule has 11 heteroatoms. The number of hydrogen-bond donors (Lipinski definition) is 4. The molecule has 4 unspecified atom stereocenters. The van der Waals surface area contributed by atoms with Crippen molar-refractivity contribution in [1.82, 2.24) is 19.1 Å². The highest BCUT2D eigenvalue weighted by Gasteiger charge is 2.46. The lowest BCUT2D eigenvalue weighted by molar-refractivity contribution is -0.0513. The Kier molecular flexibility index (Phi) is 3.88. The summed E-state index contributed by atoms with van der Waals surface area (Å²) < 4.78 is 20.9. The smallest absolute Gasteiger partial charge is 0.333 e. The van der Waals surface area contributed by atoms with Gasteiger partial charge < -0.3 is 20.7 Å². The van der Waals surface area contributed by atoms with E-state index < -0.39 is 42.5 Å². The molecule has 3 heterocycles. The summed E-state index contributed by atoms with van der Waals surface area (Å²) in [5, 5.41) is 19.1. The van der Waals surface area contributed by atoms with Gasteiger partial charge in [0.05, 0.1) is 13.2 Å². The van der Waals surface area contributed by atoms with Crippen LogP contribution in [0.5, 0.6) is 0 Å². The summed E-state index contributed by atoms with van der Waals surface area (Å²) in [5.74, 6) is 1.95. The van der Waals surface area contributed by atoms with Crippen molar-refractivity contribution in [2.75, 3.05) is 12.3 Å². The van der Waals surface area contributed by atoms with Gasteiger partial charge in [-0.2, -0.15) is 4.98 Å². The zero-order chi connectivity index (χ0) is 17.6. The molecule has 0 aliphatic carbocycles. The molecule has 3 rings (SSSR count). The third kappa shape index (κ3) is 2.20. The highest BCUT2D eigenvalue weighted by Crippen LogP contribution is 2.31. The van der Waals surface area contributed by atoms with E-state index in [9.17, 15) is 19.1 Å². The standard InChI is InChI=1S/C13H14FN5O5/c1-2-3-18-7-9(16-12(15)17-10(7)22)19(13(18)23)11-8(21)6(14)5(4-20)24-11/h1,5-6,8,11,20-21H,3-4H2,(H3,15,16,17,22). The van der Waals surface area contributed by atoms with Gasteiger partial charge in [-0.3, -0.25) is 14.3 Å². The van der Waals surface area contributed by atoms with Gasteiger partial charge in [0.25, 0.3) is 5.56 Å². The van der Waals surface area contributed by atoms with Crippen LogP contribution in [0.3, 0.4) is 0 Å². The molecule has 0 spiro atoms. The normalized spacial score (nSPS) is 26.8. The number of anilines is 1. The molecule has 0 amide bonds. The first kappa shape index (κ1) is 16.2.